The van der Waals surface area contributed by atoms with Gasteiger partial charge in [-0.25, -0.2) is 0 Å². The van der Waals surface area contributed by atoms with Crippen molar-refractivity contribution in [2.24, 2.45) is 5.92 Å². The monoisotopic (exact) mass is 349 g/mol. The van der Waals surface area contributed by atoms with Crippen molar-refractivity contribution < 1.29 is 19.4 Å². The first kappa shape index (κ1) is 16.0. The number of carboxylic acids is 1. The van der Waals surface area contributed by atoms with Gasteiger partial charge in [0.2, 0.25) is 0 Å². The Hall–Kier alpha value is -1.08. The van der Waals surface area contributed by atoms with Gasteiger partial charge in [-0.05, 0) is 22.4 Å². The lowest BCUT2D eigenvalue weighted by molar-refractivity contribution is -0.141. The molecule has 0 radical (unpaired) electrons. The first-order valence-electron chi connectivity index (χ1n) is 5.83. The van der Waals surface area contributed by atoms with E-state index in [1.807, 2.05) is 6.92 Å². The number of amides is 1. The van der Waals surface area contributed by atoms with Crippen molar-refractivity contribution in [3.63, 3.8) is 0 Å². The molecule has 0 saturated carbocycles. The molecular weight excluding hydrogens is 334 g/mol. The lowest BCUT2D eigenvalue weighted by Crippen LogP contribution is -2.32. The van der Waals surface area contributed by atoms with Crippen LogP contribution in [0.5, 0.6) is 5.75 Å². The molecule has 0 spiro atoms. The van der Waals surface area contributed by atoms with Crippen molar-refractivity contribution in [2.75, 3.05) is 13.7 Å². The van der Waals surface area contributed by atoms with Crippen LogP contribution in [0.4, 0.5) is 0 Å². The Morgan fingerprint density at radius 3 is 2.74 bits per heavy atom. The predicted octanol–water partition coefficient (Wildman–Crippen LogP) is 2.75. The minimum atomic E-state index is -0.882. The molecule has 1 aromatic rings. The highest BCUT2D eigenvalue weighted by Crippen LogP contribution is 2.34. The molecule has 1 atom stereocenters. The molecule has 0 aromatic carbocycles. The SMILES string of the molecule is CCCC(CNC(=O)c1cc(OC)c(Br)s1)C(=O)O. The predicted molar refractivity (Wildman–Crippen MR) is 76.9 cm³/mol. The normalized spacial score (nSPS) is 11.9. The van der Waals surface area contributed by atoms with E-state index in [9.17, 15) is 9.59 Å². The number of methoxy groups -OCH3 is 1. The van der Waals surface area contributed by atoms with E-state index in [4.69, 9.17) is 9.84 Å². The smallest absolute Gasteiger partial charge is 0.308 e. The number of thiophene rings is 1. The van der Waals surface area contributed by atoms with Gasteiger partial charge in [-0.15, -0.1) is 11.3 Å². The van der Waals surface area contributed by atoms with Crippen LogP contribution in [0.3, 0.4) is 0 Å². The molecule has 106 valence electrons. The number of carboxylic acid groups (broad SMARTS) is 1. The molecule has 0 saturated heterocycles. The fourth-order valence-corrected chi connectivity index (χ4v) is 3.13. The summed E-state index contributed by atoms with van der Waals surface area (Å²) in [7, 11) is 1.52. The van der Waals surface area contributed by atoms with Gasteiger partial charge in [-0.1, -0.05) is 13.3 Å². The molecule has 0 aliphatic carbocycles. The van der Waals surface area contributed by atoms with E-state index in [1.54, 1.807) is 6.07 Å². The second-order valence-electron chi connectivity index (χ2n) is 3.99. The molecule has 0 fully saturated rings. The molecule has 19 heavy (non-hydrogen) atoms. The second-order valence-corrected chi connectivity index (χ2v) is 6.36. The molecular formula is C12H16BrNO4S. The standard InChI is InChI=1S/C12H16BrNO4S/c1-3-4-7(12(16)17)6-14-11(15)9-5-8(18-2)10(13)19-9/h5,7H,3-4,6H2,1-2H3,(H,14,15)(H,16,17). The molecule has 0 aliphatic rings. The summed E-state index contributed by atoms with van der Waals surface area (Å²) < 4.78 is 5.81. The maximum absolute atomic E-state index is 11.9. The van der Waals surface area contributed by atoms with Crippen molar-refractivity contribution in [2.45, 2.75) is 19.8 Å². The van der Waals surface area contributed by atoms with E-state index in [1.165, 1.54) is 18.4 Å². The van der Waals surface area contributed by atoms with Crippen molar-refractivity contribution in [3.8, 4) is 5.75 Å². The Bertz CT molecular complexity index is 461. The van der Waals surface area contributed by atoms with Gasteiger partial charge < -0.3 is 15.2 Å². The molecule has 7 heteroatoms. The average Bonchev–Trinajstić information content (AvgIpc) is 2.75. The molecule has 1 rings (SSSR count). The Labute approximate surface area is 124 Å². The molecule has 0 bridgehead atoms. The van der Waals surface area contributed by atoms with Crippen LogP contribution in [-0.4, -0.2) is 30.6 Å². The first-order valence-corrected chi connectivity index (χ1v) is 7.44. The Kier molecular flexibility index (Phi) is 6.30. The molecule has 1 heterocycles. The quantitative estimate of drug-likeness (QED) is 0.793. The highest BCUT2D eigenvalue weighted by atomic mass is 79.9. The van der Waals surface area contributed by atoms with Crippen LogP contribution in [0.2, 0.25) is 0 Å². The average molecular weight is 350 g/mol. The summed E-state index contributed by atoms with van der Waals surface area (Å²) in [6, 6.07) is 1.62. The minimum absolute atomic E-state index is 0.139. The van der Waals surface area contributed by atoms with Gasteiger partial charge >= 0.3 is 5.97 Å². The summed E-state index contributed by atoms with van der Waals surface area (Å²) in [5.74, 6) is -1.11. The number of aliphatic carboxylic acids is 1. The van der Waals surface area contributed by atoms with E-state index < -0.39 is 11.9 Å². The summed E-state index contributed by atoms with van der Waals surface area (Å²) in [6.45, 7) is 2.05. The summed E-state index contributed by atoms with van der Waals surface area (Å²) in [5.41, 5.74) is 0. The zero-order chi connectivity index (χ0) is 14.4. The molecule has 1 amide bonds. The Morgan fingerprint density at radius 1 is 1.58 bits per heavy atom. The van der Waals surface area contributed by atoms with E-state index in [0.29, 0.717) is 17.0 Å². The van der Waals surface area contributed by atoms with E-state index in [0.717, 1.165) is 10.2 Å². The van der Waals surface area contributed by atoms with Crippen LogP contribution in [-0.2, 0) is 4.79 Å². The van der Waals surface area contributed by atoms with Crippen LogP contribution in [0.25, 0.3) is 0 Å². The van der Waals surface area contributed by atoms with Crippen LogP contribution in [0.1, 0.15) is 29.4 Å². The largest absolute Gasteiger partial charge is 0.495 e. The lowest BCUT2D eigenvalue weighted by atomic mass is 10.0. The van der Waals surface area contributed by atoms with Gasteiger partial charge in [0.1, 0.15) is 9.54 Å². The number of hydrogen-bond acceptors (Lipinski definition) is 4. The number of ether oxygens (including phenoxy) is 1. The molecule has 1 aromatic heterocycles. The molecule has 1 unspecified atom stereocenters. The fraction of sp³-hybridized carbons (Fsp3) is 0.500. The van der Waals surface area contributed by atoms with Crippen molar-refractivity contribution in [1.82, 2.24) is 5.32 Å². The summed E-state index contributed by atoms with van der Waals surface area (Å²) in [6.07, 6.45) is 1.32. The fourth-order valence-electron chi connectivity index (χ4n) is 1.57. The lowest BCUT2D eigenvalue weighted by Gasteiger charge is -2.11. The zero-order valence-corrected chi connectivity index (χ0v) is 13.1. The highest BCUT2D eigenvalue weighted by molar-refractivity contribution is 9.11. The number of carbonyl (C=O) groups excluding carboxylic acids is 1. The van der Waals surface area contributed by atoms with Crippen LogP contribution in [0, 0.1) is 5.92 Å². The van der Waals surface area contributed by atoms with Gasteiger partial charge in [-0.3, -0.25) is 9.59 Å². The van der Waals surface area contributed by atoms with Gasteiger partial charge in [0.15, 0.2) is 0 Å². The molecule has 2 N–H and O–H groups in total. The number of rotatable bonds is 7. The number of halogens is 1. The van der Waals surface area contributed by atoms with E-state index in [-0.39, 0.29) is 12.5 Å². The second kappa shape index (κ2) is 7.49. The number of carbonyl (C=O) groups is 2. The topological polar surface area (TPSA) is 75.6 Å². The van der Waals surface area contributed by atoms with Crippen LogP contribution >= 0.6 is 27.3 Å². The first-order chi connectivity index (χ1) is 8.99. The van der Waals surface area contributed by atoms with Crippen LogP contribution in [0.15, 0.2) is 9.85 Å². The minimum Gasteiger partial charge on any atom is -0.495 e. The van der Waals surface area contributed by atoms with Gasteiger partial charge in [0.05, 0.1) is 17.9 Å². The third kappa shape index (κ3) is 4.50. The van der Waals surface area contributed by atoms with Crippen LogP contribution < -0.4 is 10.1 Å². The molecule has 5 nitrogen and oxygen atoms in total. The van der Waals surface area contributed by atoms with Gasteiger partial charge in [0.25, 0.3) is 5.91 Å². The third-order valence-electron chi connectivity index (χ3n) is 2.59. The van der Waals surface area contributed by atoms with Crippen molar-refractivity contribution >= 4 is 39.1 Å². The Balaban J connectivity index is 2.61. The van der Waals surface area contributed by atoms with Crippen molar-refractivity contribution in [1.29, 1.82) is 0 Å². The summed E-state index contributed by atoms with van der Waals surface area (Å²) in [5, 5.41) is 11.6. The summed E-state index contributed by atoms with van der Waals surface area (Å²) >= 11 is 4.55. The Morgan fingerprint density at radius 2 is 2.26 bits per heavy atom. The van der Waals surface area contributed by atoms with E-state index >= 15 is 0 Å². The van der Waals surface area contributed by atoms with Gasteiger partial charge in [-0.2, -0.15) is 0 Å². The van der Waals surface area contributed by atoms with E-state index in [2.05, 4.69) is 21.2 Å². The molecule has 0 aliphatic heterocycles. The van der Waals surface area contributed by atoms with Gasteiger partial charge in [0, 0.05) is 12.6 Å². The number of nitrogens with one attached hydrogen (secondary N) is 1. The summed E-state index contributed by atoms with van der Waals surface area (Å²) in [4.78, 5) is 23.3. The maximum Gasteiger partial charge on any atom is 0.308 e. The zero-order valence-electron chi connectivity index (χ0n) is 10.7. The number of hydrogen-bond donors (Lipinski definition) is 2. The highest BCUT2D eigenvalue weighted by Gasteiger charge is 2.19. The maximum atomic E-state index is 11.9. The third-order valence-corrected chi connectivity index (χ3v) is 4.37. The van der Waals surface area contributed by atoms with Crippen molar-refractivity contribution in [3.05, 3.63) is 14.7 Å².